The lowest BCUT2D eigenvalue weighted by molar-refractivity contribution is 0.668. The van der Waals surface area contributed by atoms with Crippen LogP contribution in [0.1, 0.15) is 33.1 Å². The summed E-state index contributed by atoms with van der Waals surface area (Å²) in [7, 11) is 0. The second kappa shape index (κ2) is 2.17. The van der Waals surface area contributed by atoms with Crippen molar-refractivity contribution < 1.29 is 0 Å². The van der Waals surface area contributed by atoms with Crippen molar-refractivity contribution in [1.29, 1.82) is 0 Å². The van der Waals surface area contributed by atoms with Crippen molar-refractivity contribution in [2.24, 2.45) is 11.3 Å². The van der Waals surface area contributed by atoms with Crippen LogP contribution in [0.5, 0.6) is 0 Å². The minimum atomic E-state index is 0.553. The molecule has 13 heavy (non-hydrogen) atoms. The van der Waals surface area contributed by atoms with Crippen LogP contribution in [0.2, 0.25) is 0 Å². The maximum atomic E-state index is 2.54. The van der Waals surface area contributed by atoms with Gasteiger partial charge in [0.25, 0.3) is 0 Å². The molecule has 0 radical (unpaired) electrons. The Kier molecular flexibility index (Phi) is 1.27. The predicted octanol–water partition coefficient (Wildman–Crippen LogP) is 3.62. The van der Waals surface area contributed by atoms with Gasteiger partial charge in [-0.15, -0.1) is 0 Å². The molecule has 2 atom stereocenters. The molecule has 2 unspecified atom stereocenters. The van der Waals surface area contributed by atoms with E-state index in [1.807, 2.05) is 0 Å². The highest BCUT2D eigenvalue weighted by atomic mass is 14.5. The van der Waals surface area contributed by atoms with Gasteiger partial charge in [0.2, 0.25) is 0 Å². The zero-order chi connectivity index (χ0) is 9.05. The summed E-state index contributed by atoms with van der Waals surface area (Å²) < 4.78 is 0. The summed E-state index contributed by atoms with van der Waals surface area (Å²) in [5, 5.41) is 0. The molecule has 0 spiro atoms. The van der Waals surface area contributed by atoms with Crippen molar-refractivity contribution in [3.05, 3.63) is 34.9 Å². The Hall–Kier alpha value is -0.780. The van der Waals surface area contributed by atoms with Gasteiger partial charge in [0.1, 0.15) is 0 Å². The van der Waals surface area contributed by atoms with Crippen LogP contribution in [0.3, 0.4) is 0 Å². The van der Waals surface area contributed by atoms with Gasteiger partial charge in [-0.3, -0.25) is 0 Å². The van der Waals surface area contributed by atoms with E-state index < -0.39 is 0 Å². The lowest BCUT2D eigenvalue weighted by Gasteiger charge is -2.22. The van der Waals surface area contributed by atoms with Crippen molar-refractivity contribution in [2.75, 3.05) is 0 Å². The zero-order valence-electron chi connectivity index (χ0n) is 8.43. The fourth-order valence-corrected chi connectivity index (χ4v) is 2.66. The molecule has 1 saturated carbocycles. The molecule has 0 N–H and O–H groups in total. The van der Waals surface area contributed by atoms with Crippen molar-refractivity contribution in [3.8, 4) is 0 Å². The SMILES string of the molecule is CC1=CC2=CC3CC3(C)C=C2CC1. The number of hydrogen-bond acceptors (Lipinski definition) is 0. The number of rotatable bonds is 0. The van der Waals surface area contributed by atoms with Crippen molar-refractivity contribution in [3.63, 3.8) is 0 Å². The fourth-order valence-electron chi connectivity index (χ4n) is 2.66. The highest BCUT2D eigenvalue weighted by Crippen LogP contribution is 2.59. The molecule has 0 aromatic heterocycles. The molecule has 0 saturated heterocycles. The first-order valence-corrected chi connectivity index (χ1v) is 5.28. The zero-order valence-corrected chi connectivity index (χ0v) is 8.43. The predicted molar refractivity (Wildman–Crippen MR) is 55.4 cm³/mol. The second-order valence-electron chi connectivity index (χ2n) is 5.10. The molecule has 0 aromatic rings. The standard InChI is InChI=1S/C13H16/c1-9-3-4-10-7-13(2)8-12(13)6-11(10)5-9/h5-7,12H,3-4,8H2,1-2H3. The third-order valence-electron chi connectivity index (χ3n) is 3.79. The van der Waals surface area contributed by atoms with Crippen molar-refractivity contribution in [2.45, 2.75) is 33.1 Å². The van der Waals surface area contributed by atoms with Gasteiger partial charge in [-0.05, 0) is 48.7 Å². The Labute approximate surface area is 80.0 Å². The van der Waals surface area contributed by atoms with Crippen LogP contribution < -0.4 is 0 Å². The van der Waals surface area contributed by atoms with E-state index in [-0.39, 0.29) is 0 Å². The minimum Gasteiger partial charge on any atom is -0.0742 e. The molecule has 1 fully saturated rings. The molecule has 0 aromatic carbocycles. The lowest BCUT2D eigenvalue weighted by atomic mass is 9.83. The first kappa shape index (κ1) is 7.61. The van der Waals surface area contributed by atoms with Crippen molar-refractivity contribution >= 4 is 0 Å². The van der Waals surface area contributed by atoms with E-state index in [2.05, 4.69) is 32.1 Å². The summed E-state index contributed by atoms with van der Waals surface area (Å²) in [6.45, 7) is 4.64. The smallest absolute Gasteiger partial charge is 0.00712 e. The molecule has 0 heteroatoms. The number of hydrogen-bond donors (Lipinski definition) is 0. The van der Waals surface area contributed by atoms with Crippen LogP contribution in [0.25, 0.3) is 0 Å². The van der Waals surface area contributed by atoms with E-state index in [0.29, 0.717) is 5.41 Å². The quantitative estimate of drug-likeness (QED) is 0.523. The van der Waals surface area contributed by atoms with E-state index >= 15 is 0 Å². The molecule has 0 heterocycles. The summed E-state index contributed by atoms with van der Waals surface area (Å²) in [5.74, 6) is 0.855. The first-order chi connectivity index (χ1) is 6.17. The highest BCUT2D eigenvalue weighted by Gasteiger charge is 2.49. The maximum absolute atomic E-state index is 2.54. The summed E-state index contributed by atoms with van der Waals surface area (Å²) >= 11 is 0. The van der Waals surface area contributed by atoms with Crippen LogP contribution in [0.15, 0.2) is 34.9 Å². The molecular weight excluding hydrogens is 156 g/mol. The summed E-state index contributed by atoms with van der Waals surface area (Å²) in [5.41, 5.74) is 5.25. The van der Waals surface area contributed by atoms with Gasteiger partial charge < -0.3 is 0 Å². The Bertz CT molecular complexity index is 354. The molecule has 0 amide bonds. The Morgan fingerprint density at radius 3 is 3.08 bits per heavy atom. The third kappa shape index (κ3) is 1.04. The molecule has 0 bridgehead atoms. The van der Waals surface area contributed by atoms with Gasteiger partial charge in [-0.1, -0.05) is 30.7 Å². The third-order valence-corrected chi connectivity index (χ3v) is 3.79. The topological polar surface area (TPSA) is 0 Å². The molecule has 3 rings (SSSR count). The summed E-state index contributed by atoms with van der Waals surface area (Å²) in [6.07, 6.45) is 11.3. The first-order valence-electron chi connectivity index (χ1n) is 5.28. The average Bonchev–Trinajstić information content (AvgIpc) is 2.71. The number of allylic oxidation sites excluding steroid dienone is 6. The van der Waals surface area contributed by atoms with Gasteiger partial charge in [0, 0.05) is 0 Å². The van der Waals surface area contributed by atoms with Crippen molar-refractivity contribution in [1.82, 2.24) is 0 Å². The van der Waals surface area contributed by atoms with E-state index in [1.165, 1.54) is 24.8 Å². The Balaban J connectivity index is 2.05. The Morgan fingerprint density at radius 2 is 2.23 bits per heavy atom. The molecule has 0 nitrogen and oxygen atoms in total. The van der Waals surface area contributed by atoms with Gasteiger partial charge in [-0.2, -0.15) is 0 Å². The minimum absolute atomic E-state index is 0.553. The summed E-state index contributed by atoms with van der Waals surface area (Å²) in [6, 6.07) is 0. The monoisotopic (exact) mass is 172 g/mol. The van der Waals surface area contributed by atoms with Gasteiger partial charge in [0.15, 0.2) is 0 Å². The summed E-state index contributed by atoms with van der Waals surface area (Å²) in [4.78, 5) is 0. The number of fused-ring (bicyclic) bond motifs is 2. The maximum Gasteiger partial charge on any atom is -0.00712 e. The van der Waals surface area contributed by atoms with E-state index in [0.717, 1.165) is 5.92 Å². The van der Waals surface area contributed by atoms with E-state index in [9.17, 15) is 0 Å². The second-order valence-corrected chi connectivity index (χ2v) is 5.10. The fraction of sp³-hybridized carbons (Fsp3) is 0.538. The van der Waals surface area contributed by atoms with Gasteiger partial charge in [0.05, 0.1) is 0 Å². The van der Waals surface area contributed by atoms with Crippen LogP contribution in [0, 0.1) is 11.3 Å². The highest BCUT2D eigenvalue weighted by molar-refractivity contribution is 5.51. The van der Waals surface area contributed by atoms with Crippen LogP contribution in [-0.4, -0.2) is 0 Å². The van der Waals surface area contributed by atoms with E-state index in [1.54, 1.807) is 11.1 Å². The molecular formula is C13H16. The largest absolute Gasteiger partial charge is 0.0742 e. The van der Waals surface area contributed by atoms with Crippen LogP contribution >= 0.6 is 0 Å². The average molecular weight is 172 g/mol. The van der Waals surface area contributed by atoms with Gasteiger partial charge in [-0.25, -0.2) is 0 Å². The molecule has 3 aliphatic carbocycles. The Morgan fingerprint density at radius 1 is 1.38 bits per heavy atom. The van der Waals surface area contributed by atoms with E-state index in [4.69, 9.17) is 0 Å². The molecule has 0 aliphatic heterocycles. The normalized spacial score (nSPS) is 41.1. The van der Waals surface area contributed by atoms with Crippen LogP contribution in [-0.2, 0) is 0 Å². The molecule has 3 aliphatic rings. The molecule has 68 valence electrons. The van der Waals surface area contributed by atoms with Crippen LogP contribution in [0.4, 0.5) is 0 Å². The van der Waals surface area contributed by atoms with Gasteiger partial charge >= 0.3 is 0 Å². The lowest BCUT2D eigenvalue weighted by Crippen LogP contribution is -2.06.